The molecule has 0 aromatic heterocycles. The average molecular weight is 414 g/mol. The van der Waals surface area contributed by atoms with E-state index in [0.717, 1.165) is 24.2 Å². The fourth-order valence-electron chi connectivity index (χ4n) is 3.30. The minimum absolute atomic E-state index is 0.356. The van der Waals surface area contributed by atoms with Crippen LogP contribution >= 0.6 is 11.6 Å². The molecular formula is C22H24ClN3O3. The maximum Gasteiger partial charge on any atom is 0.325 e. The maximum absolute atomic E-state index is 12.9. The molecule has 1 aliphatic rings. The number of halogens is 1. The lowest BCUT2D eigenvalue weighted by atomic mass is 9.92. The predicted octanol–water partition coefficient (Wildman–Crippen LogP) is 4.09. The Bertz CT molecular complexity index is 912. The Morgan fingerprint density at radius 1 is 1.10 bits per heavy atom. The number of carbonyl (C=O) groups is 3. The highest BCUT2D eigenvalue weighted by Gasteiger charge is 2.49. The molecule has 29 heavy (non-hydrogen) atoms. The van der Waals surface area contributed by atoms with Crippen molar-refractivity contribution >= 4 is 35.1 Å². The highest BCUT2D eigenvalue weighted by atomic mass is 35.5. The largest absolute Gasteiger partial charge is 0.325 e. The van der Waals surface area contributed by atoms with Gasteiger partial charge < -0.3 is 10.6 Å². The molecule has 7 heteroatoms. The summed E-state index contributed by atoms with van der Waals surface area (Å²) in [5, 5.41) is 5.95. The summed E-state index contributed by atoms with van der Waals surface area (Å²) in [5.41, 5.74) is 1.20. The number of anilines is 1. The first kappa shape index (κ1) is 20.9. The smallest absolute Gasteiger partial charge is 0.325 e. The molecule has 0 radical (unpaired) electrons. The van der Waals surface area contributed by atoms with Crippen molar-refractivity contribution < 1.29 is 14.4 Å². The second-order valence-corrected chi connectivity index (χ2v) is 7.74. The molecule has 0 aliphatic carbocycles. The van der Waals surface area contributed by atoms with Gasteiger partial charge in [-0.15, -0.1) is 0 Å². The van der Waals surface area contributed by atoms with E-state index in [1.165, 1.54) is 5.56 Å². The third kappa shape index (κ3) is 4.59. The van der Waals surface area contributed by atoms with Crippen LogP contribution in [0.5, 0.6) is 0 Å². The summed E-state index contributed by atoms with van der Waals surface area (Å²) in [6.45, 7) is 3.40. The molecule has 4 amide bonds. The van der Waals surface area contributed by atoms with Crippen LogP contribution in [0.25, 0.3) is 0 Å². The van der Waals surface area contributed by atoms with Gasteiger partial charge in [0, 0.05) is 10.7 Å². The molecule has 1 atom stereocenters. The van der Waals surface area contributed by atoms with E-state index in [1.807, 2.05) is 24.3 Å². The van der Waals surface area contributed by atoms with Crippen molar-refractivity contribution in [3.63, 3.8) is 0 Å². The van der Waals surface area contributed by atoms with E-state index in [9.17, 15) is 14.4 Å². The van der Waals surface area contributed by atoms with Crippen molar-refractivity contribution in [1.29, 1.82) is 0 Å². The van der Waals surface area contributed by atoms with Gasteiger partial charge in [-0.25, -0.2) is 4.79 Å². The van der Waals surface area contributed by atoms with E-state index in [1.54, 1.807) is 31.2 Å². The van der Waals surface area contributed by atoms with Gasteiger partial charge in [0.25, 0.3) is 5.91 Å². The maximum atomic E-state index is 12.9. The third-order valence-electron chi connectivity index (χ3n) is 5.05. The summed E-state index contributed by atoms with van der Waals surface area (Å²) < 4.78 is 0. The van der Waals surface area contributed by atoms with E-state index in [-0.39, 0.29) is 6.54 Å². The van der Waals surface area contributed by atoms with Crippen molar-refractivity contribution in [1.82, 2.24) is 10.2 Å². The minimum atomic E-state index is -1.23. The molecule has 1 fully saturated rings. The topological polar surface area (TPSA) is 78.5 Å². The Hall–Kier alpha value is -2.86. The Morgan fingerprint density at radius 3 is 2.38 bits per heavy atom. The summed E-state index contributed by atoms with van der Waals surface area (Å²) in [6, 6.07) is 13.7. The molecule has 0 saturated carbocycles. The number of benzene rings is 2. The molecule has 0 spiro atoms. The van der Waals surface area contributed by atoms with Crippen LogP contribution in [-0.4, -0.2) is 29.3 Å². The number of imide groups is 1. The number of hydrogen-bond donors (Lipinski definition) is 2. The van der Waals surface area contributed by atoms with Crippen LogP contribution in [-0.2, 0) is 21.5 Å². The second kappa shape index (κ2) is 8.66. The summed E-state index contributed by atoms with van der Waals surface area (Å²) in [5.74, 6) is -0.912. The lowest BCUT2D eigenvalue weighted by molar-refractivity contribution is -0.133. The fraction of sp³-hybridized carbons (Fsp3) is 0.318. The van der Waals surface area contributed by atoms with Crippen LogP contribution in [0, 0.1) is 0 Å². The number of nitrogens with zero attached hydrogens (tertiary/aromatic N) is 1. The zero-order valence-electron chi connectivity index (χ0n) is 16.5. The average Bonchev–Trinajstić information content (AvgIpc) is 2.92. The zero-order chi connectivity index (χ0) is 21.0. The number of carbonyl (C=O) groups excluding carboxylic acids is 3. The van der Waals surface area contributed by atoms with Crippen LogP contribution < -0.4 is 10.6 Å². The molecule has 3 rings (SSSR count). The van der Waals surface area contributed by atoms with Gasteiger partial charge in [-0.1, -0.05) is 49.2 Å². The van der Waals surface area contributed by atoms with E-state index in [4.69, 9.17) is 11.6 Å². The van der Waals surface area contributed by atoms with Gasteiger partial charge in [-0.2, -0.15) is 0 Å². The lowest BCUT2D eigenvalue weighted by Crippen LogP contribution is -2.42. The van der Waals surface area contributed by atoms with Gasteiger partial charge in [-0.05, 0) is 55.2 Å². The van der Waals surface area contributed by atoms with E-state index in [2.05, 4.69) is 17.6 Å². The van der Waals surface area contributed by atoms with E-state index in [0.29, 0.717) is 16.3 Å². The molecule has 152 valence electrons. The van der Waals surface area contributed by atoms with Crippen LogP contribution in [0.1, 0.15) is 37.8 Å². The number of aryl methyl sites for hydroxylation is 1. The van der Waals surface area contributed by atoms with Crippen LogP contribution in [0.3, 0.4) is 0 Å². The van der Waals surface area contributed by atoms with Crippen molar-refractivity contribution in [2.45, 2.75) is 38.6 Å². The number of urea groups is 1. The number of amides is 4. The molecule has 1 saturated heterocycles. The van der Waals surface area contributed by atoms with Crippen molar-refractivity contribution in [2.75, 3.05) is 11.9 Å². The van der Waals surface area contributed by atoms with Crippen LogP contribution in [0.2, 0.25) is 5.02 Å². The molecule has 6 nitrogen and oxygen atoms in total. The van der Waals surface area contributed by atoms with Crippen molar-refractivity contribution in [3.05, 3.63) is 64.7 Å². The monoisotopic (exact) mass is 413 g/mol. The summed E-state index contributed by atoms with van der Waals surface area (Å²) >= 11 is 5.90. The summed E-state index contributed by atoms with van der Waals surface area (Å²) in [6.07, 6.45) is 3.24. The zero-order valence-corrected chi connectivity index (χ0v) is 17.3. The fourth-order valence-corrected chi connectivity index (χ4v) is 3.43. The first-order valence-electron chi connectivity index (χ1n) is 9.62. The van der Waals surface area contributed by atoms with Gasteiger partial charge in [0.05, 0.1) is 0 Å². The summed E-state index contributed by atoms with van der Waals surface area (Å²) in [4.78, 5) is 38.6. The Balaban J connectivity index is 1.65. The second-order valence-electron chi connectivity index (χ2n) is 7.30. The molecule has 2 aromatic rings. The van der Waals surface area contributed by atoms with Gasteiger partial charge in [0.15, 0.2) is 0 Å². The summed E-state index contributed by atoms with van der Waals surface area (Å²) in [7, 11) is 0. The molecule has 2 N–H and O–H groups in total. The van der Waals surface area contributed by atoms with Crippen LogP contribution in [0.4, 0.5) is 10.5 Å². The first-order chi connectivity index (χ1) is 13.8. The number of rotatable bonds is 7. The van der Waals surface area contributed by atoms with E-state index < -0.39 is 23.4 Å². The van der Waals surface area contributed by atoms with Crippen LogP contribution in [0.15, 0.2) is 48.5 Å². The first-order valence-corrected chi connectivity index (χ1v) is 10.00. The van der Waals surface area contributed by atoms with Gasteiger partial charge in [0.2, 0.25) is 5.91 Å². The molecule has 2 aromatic carbocycles. The minimum Gasteiger partial charge on any atom is -0.325 e. The predicted molar refractivity (Wildman–Crippen MR) is 113 cm³/mol. The Morgan fingerprint density at radius 2 is 1.76 bits per heavy atom. The number of unbranched alkanes of at least 4 members (excludes halogenated alkanes) is 1. The molecular weight excluding hydrogens is 390 g/mol. The van der Waals surface area contributed by atoms with Gasteiger partial charge >= 0.3 is 6.03 Å². The normalized spacial score (nSPS) is 18.7. The SMILES string of the molecule is CCCCc1ccc(NC(=O)CN2C(=O)NC(C)(c3ccc(Cl)cc3)C2=O)cc1. The Kier molecular flexibility index (Phi) is 6.23. The standard InChI is InChI=1S/C22H24ClN3O3/c1-3-4-5-15-6-12-18(13-7-15)24-19(27)14-26-20(28)22(2,25-21(26)29)16-8-10-17(23)11-9-16/h6-13H,3-5,14H2,1-2H3,(H,24,27)(H,25,29). The number of hydrogen-bond acceptors (Lipinski definition) is 3. The quantitative estimate of drug-likeness (QED) is 0.671. The molecule has 1 aliphatic heterocycles. The third-order valence-corrected chi connectivity index (χ3v) is 5.31. The Labute approximate surface area is 175 Å². The molecule has 0 bridgehead atoms. The van der Waals surface area contributed by atoms with Gasteiger partial charge in [-0.3, -0.25) is 14.5 Å². The van der Waals surface area contributed by atoms with Crippen molar-refractivity contribution in [3.8, 4) is 0 Å². The van der Waals surface area contributed by atoms with Crippen molar-refractivity contribution in [2.24, 2.45) is 0 Å². The molecule has 1 unspecified atom stereocenters. The van der Waals surface area contributed by atoms with E-state index >= 15 is 0 Å². The highest BCUT2D eigenvalue weighted by molar-refractivity contribution is 6.30. The highest BCUT2D eigenvalue weighted by Crippen LogP contribution is 2.29. The van der Waals surface area contributed by atoms with Gasteiger partial charge in [0.1, 0.15) is 12.1 Å². The number of nitrogens with one attached hydrogen (secondary N) is 2. The molecule has 1 heterocycles. The lowest BCUT2D eigenvalue weighted by Gasteiger charge is -2.22.